The molecule has 106 valence electrons. The standard InChI is InChI=1S/C14H22N2O3/c1-3-5-6-10(4-2)9-19-13-12(14(17)18)7-11(15)8-16-13/h7-8,10H,3-6,9,15H2,1-2H3,(H,17,18). The Morgan fingerprint density at radius 1 is 1.53 bits per heavy atom. The van der Waals surface area contributed by atoms with Gasteiger partial charge in [0, 0.05) is 0 Å². The number of nitrogen functional groups attached to an aromatic ring is 1. The third-order valence-electron chi connectivity index (χ3n) is 3.10. The highest BCUT2D eigenvalue weighted by molar-refractivity contribution is 5.91. The summed E-state index contributed by atoms with van der Waals surface area (Å²) in [5, 5.41) is 9.08. The van der Waals surface area contributed by atoms with Crippen molar-refractivity contribution in [1.82, 2.24) is 4.98 Å². The van der Waals surface area contributed by atoms with Crippen molar-refractivity contribution < 1.29 is 14.6 Å². The molecule has 0 aliphatic carbocycles. The summed E-state index contributed by atoms with van der Waals surface area (Å²) in [6.07, 6.45) is 5.82. The quantitative estimate of drug-likeness (QED) is 0.755. The van der Waals surface area contributed by atoms with E-state index in [0.717, 1.165) is 25.7 Å². The largest absolute Gasteiger partial charge is 0.477 e. The first kappa shape index (κ1) is 15.3. The fraction of sp³-hybridized carbons (Fsp3) is 0.571. The molecule has 0 fully saturated rings. The average Bonchev–Trinajstić information content (AvgIpc) is 2.40. The predicted molar refractivity (Wildman–Crippen MR) is 74.4 cm³/mol. The zero-order chi connectivity index (χ0) is 14.3. The van der Waals surface area contributed by atoms with Gasteiger partial charge in [-0.2, -0.15) is 0 Å². The highest BCUT2D eigenvalue weighted by atomic mass is 16.5. The Bertz CT molecular complexity index is 421. The smallest absolute Gasteiger partial charge is 0.341 e. The monoisotopic (exact) mass is 266 g/mol. The number of aromatic nitrogens is 1. The van der Waals surface area contributed by atoms with Gasteiger partial charge in [-0.15, -0.1) is 0 Å². The second kappa shape index (κ2) is 7.61. The lowest BCUT2D eigenvalue weighted by Crippen LogP contribution is -2.14. The number of aromatic carboxylic acids is 1. The van der Waals surface area contributed by atoms with Crippen molar-refractivity contribution in [3.05, 3.63) is 17.8 Å². The Morgan fingerprint density at radius 3 is 2.84 bits per heavy atom. The molecule has 0 aliphatic heterocycles. The summed E-state index contributed by atoms with van der Waals surface area (Å²) >= 11 is 0. The number of carboxylic acids is 1. The molecule has 1 aromatic heterocycles. The van der Waals surface area contributed by atoms with Crippen molar-refractivity contribution in [3.8, 4) is 5.88 Å². The van der Waals surface area contributed by atoms with E-state index in [1.165, 1.54) is 12.3 Å². The molecule has 3 N–H and O–H groups in total. The van der Waals surface area contributed by atoms with Crippen LogP contribution in [-0.4, -0.2) is 22.7 Å². The van der Waals surface area contributed by atoms with Crippen LogP contribution in [0.2, 0.25) is 0 Å². The average molecular weight is 266 g/mol. The van der Waals surface area contributed by atoms with Gasteiger partial charge in [-0.1, -0.05) is 33.1 Å². The molecule has 19 heavy (non-hydrogen) atoms. The zero-order valence-corrected chi connectivity index (χ0v) is 11.6. The van der Waals surface area contributed by atoms with Crippen molar-refractivity contribution in [2.75, 3.05) is 12.3 Å². The van der Waals surface area contributed by atoms with Crippen LogP contribution in [0.1, 0.15) is 49.9 Å². The third-order valence-corrected chi connectivity index (χ3v) is 3.10. The van der Waals surface area contributed by atoms with Gasteiger partial charge >= 0.3 is 5.97 Å². The molecule has 1 heterocycles. The molecule has 1 aromatic rings. The second-order valence-electron chi connectivity index (χ2n) is 4.65. The van der Waals surface area contributed by atoms with E-state index < -0.39 is 5.97 Å². The fourth-order valence-electron chi connectivity index (χ4n) is 1.83. The minimum atomic E-state index is -1.07. The maximum Gasteiger partial charge on any atom is 0.341 e. The predicted octanol–water partition coefficient (Wildman–Crippen LogP) is 2.96. The van der Waals surface area contributed by atoms with Crippen molar-refractivity contribution >= 4 is 11.7 Å². The van der Waals surface area contributed by atoms with Crippen LogP contribution < -0.4 is 10.5 Å². The maximum absolute atomic E-state index is 11.1. The lowest BCUT2D eigenvalue weighted by Gasteiger charge is -2.16. The summed E-state index contributed by atoms with van der Waals surface area (Å²) < 4.78 is 5.56. The first-order valence-corrected chi connectivity index (χ1v) is 6.70. The molecule has 1 atom stereocenters. The van der Waals surface area contributed by atoms with Crippen LogP contribution in [0.5, 0.6) is 5.88 Å². The van der Waals surface area contributed by atoms with Gasteiger partial charge in [-0.3, -0.25) is 0 Å². The first-order valence-electron chi connectivity index (χ1n) is 6.70. The number of hydrogen-bond acceptors (Lipinski definition) is 4. The van der Waals surface area contributed by atoms with Gasteiger partial charge in [-0.25, -0.2) is 9.78 Å². The molecule has 0 radical (unpaired) electrons. The van der Waals surface area contributed by atoms with Crippen molar-refractivity contribution in [2.45, 2.75) is 39.5 Å². The summed E-state index contributed by atoms with van der Waals surface area (Å²) in [6, 6.07) is 1.37. The Labute approximate surface area is 113 Å². The highest BCUT2D eigenvalue weighted by Gasteiger charge is 2.15. The topological polar surface area (TPSA) is 85.4 Å². The van der Waals surface area contributed by atoms with E-state index in [4.69, 9.17) is 15.6 Å². The number of carbonyl (C=O) groups is 1. The van der Waals surface area contributed by atoms with Crippen LogP contribution in [0.15, 0.2) is 12.3 Å². The Morgan fingerprint density at radius 2 is 2.26 bits per heavy atom. The van der Waals surface area contributed by atoms with E-state index in [0.29, 0.717) is 18.2 Å². The van der Waals surface area contributed by atoms with E-state index in [-0.39, 0.29) is 11.4 Å². The third kappa shape index (κ3) is 4.77. The summed E-state index contributed by atoms with van der Waals surface area (Å²) in [5.74, 6) is -0.492. The molecule has 0 saturated carbocycles. The van der Waals surface area contributed by atoms with Gasteiger partial charge in [0.2, 0.25) is 5.88 Å². The van der Waals surface area contributed by atoms with Crippen LogP contribution in [0.4, 0.5) is 5.69 Å². The zero-order valence-electron chi connectivity index (χ0n) is 11.6. The number of ether oxygens (including phenoxy) is 1. The van der Waals surface area contributed by atoms with E-state index in [1.54, 1.807) is 0 Å². The van der Waals surface area contributed by atoms with E-state index in [9.17, 15) is 4.79 Å². The molecule has 1 rings (SSSR count). The second-order valence-corrected chi connectivity index (χ2v) is 4.65. The van der Waals surface area contributed by atoms with Crippen molar-refractivity contribution in [3.63, 3.8) is 0 Å². The minimum absolute atomic E-state index is 0.0188. The van der Waals surface area contributed by atoms with E-state index in [2.05, 4.69) is 18.8 Å². The van der Waals surface area contributed by atoms with Gasteiger partial charge in [0.15, 0.2) is 0 Å². The number of unbranched alkanes of at least 4 members (excludes halogenated alkanes) is 1. The lowest BCUT2D eigenvalue weighted by molar-refractivity contribution is 0.0690. The maximum atomic E-state index is 11.1. The Balaban J connectivity index is 2.68. The molecule has 0 amide bonds. The van der Waals surface area contributed by atoms with E-state index >= 15 is 0 Å². The number of rotatable bonds is 8. The summed E-state index contributed by atoms with van der Waals surface area (Å²) in [7, 11) is 0. The summed E-state index contributed by atoms with van der Waals surface area (Å²) in [6.45, 7) is 4.75. The molecule has 5 heteroatoms. The molecule has 5 nitrogen and oxygen atoms in total. The van der Waals surface area contributed by atoms with Gasteiger partial charge in [0.05, 0.1) is 18.5 Å². The van der Waals surface area contributed by atoms with Crippen LogP contribution in [0.3, 0.4) is 0 Å². The molecule has 0 saturated heterocycles. The molecule has 0 spiro atoms. The van der Waals surface area contributed by atoms with E-state index in [1.807, 2.05) is 0 Å². The molecular weight excluding hydrogens is 244 g/mol. The fourth-order valence-corrected chi connectivity index (χ4v) is 1.83. The lowest BCUT2D eigenvalue weighted by atomic mass is 10.0. The summed E-state index contributed by atoms with van der Waals surface area (Å²) in [4.78, 5) is 15.0. The van der Waals surface area contributed by atoms with Gasteiger partial charge in [0.1, 0.15) is 5.56 Å². The van der Waals surface area contributed by atoms with Gasteiger partial charge in [0.25, 0.3) is 0 Å². The van der Waals surface area contributed by atoms with Crippen LogP contribution in [0, 0.1) is 5.92 Å². The van der Waals surface area contributed by atoms with Crippen molar-refractivity contribution in [2.24, 2.45) is 5.92 Å². The van der Waals surface area contributed by atoms with Gasteiger partial charge in [-0.05, 0) is 18.4 Å². The molecule has 0 aromatic carbocycles. The first-order chi connectivity index (χ1) is 9.08. The molecular formula is C14H22N2O3. The highest BCUT2D eigenvalue weighted by Crippen LogP contribution is 2.20. The van der Waals surface area contributed by atoms with Crippen molar-refractivity contribution in [1.29, 1.82) is 0 Å². The Hall–Kier alpha value is -1.78. The van der Waals surface area contributed by atoms with Gasteiger partial charge < -0.3 is 15.6 Å². The molecule has 0 aliphatic rings. The number of nitrogens with two attached hydrogens (primary N) is 1. The van der Waals surface area contributed by atoms with Crippen LogP contribution >= 0.6 is 0 Å². The Kier molecular flexibility index (Phi) is 6.12. The normalized spacial score (nSPS) is 12.1. The van der Waals surface area contributed by atoms with Crippen LogP contribution in [-0.2, 0) is 0 Å². The van der Waals surface area contributed by atoms with Crippen LogP contribution in [0.25, 0.3) is 0 Å². The summed E-state index contributed by atoms with van der Waals surface area (Å²) in [5.41, 5.74) is 5.87. The number of pyridine rings is 1. The minimum Gasteiger partial charge on any atom is -0.477 e. The molecule has 0 bridgehead atoms. The number of hydrogen-bond donors (Lipinski definition) is 2. The number of anilines is 1. The number of carboxylic acid groups (broad SMARTS) is 1. The number of nitrogens with zero attached hydrogens (tertiary/aromatic N) is 1. The molecule has 1 unspecified atom stereocenters. The SMILES string of the molecule is CCCCC(CC)COc1ncc(N)cc1C(=O)O.